The predicted molar refractivity (Wildman–Crippen MR) is 307 cm³/mol. The third kappa shape index (κ3) is 44.6. The average molecular weight is 1010 g/mol. The van der Waals surface area contributed by atoms with Crippen LogP contribution in [0.4, 0.5) is 0 Å². The fraction of sp³-hybridized carbons (Fsp3) is 0.938. The molecule has 0 aromatic rings. The lowest BCUT2D eigenvalue weighted by Gasteiger charge is -2.26. The summed E-state index contributed by atoms with van der Waals surface area (Å²) in [4.78, 5) is 0. The van der Waals surface area contributed by atoms with Gasteiger partial charge in [0.25, 0.3) is 0 Å². The molecule has 0 fully saturated rings. The zero-order valence-corrected chi connectivity index (χ0v) is 49.4. The summed E-state index contributed by atoms with van der Waals surface area (Å²) >= 11 is 0. The maximum Gasteiger partial charge on any atom is 0.162 e. The summed E-state index contributed by atoms with van der Waals surface area (Å²) in [6, 6.07) is 0. The van der Waals surface area contributed by atoms with Crippen LogP contribution in [-0.4, -0.2) is 52.2 Å². The maximum absolute atomic E-state index is 6.86. The molecule has 0 rings (SSSR count). The van der Waals surface area contributed by atoms with Gasteiger partial charge >= 0.3 is 0 Å². The fourth-order valence-corrected chi connectivity index (χ4v) is 9.31. The van der Waals surface area contributed by atoms with E-state index < -0.39 is 0 Å². The minimum absolute atomic E-state index is 0.136. The van der Waals surface area contributed by atoms with E-state index >= 15 is 0 Å². The molecule has 0 saturated carbocycles. The highest BCUT2D eigenvalue weighted by atomic mass is 16.7. The fourth-order valence-electron chi connectivity index (χ4n) is 9.31. The average Bonchev–Trinajstić information content (AvgIpc) is 3.38. The van der Waals surface area contributed by atoms with Crippen molar-refractivity contribution in [3.63, 3.8) is 0 Å². The third-order valence-corrected chi connectivity index (χ3v) is 14.1. The topological polar surface area (TPSA) is 64.6 Å². The maximum atomic E-state index is 6.86. The molecule has 7 nitrogen and oxygen atoms in total. The van der Waals surface area contributed by atoms with Gasteiger partial charge in [-0.3, -0.25) is 0 Å². The summed E-state index contributed by atoms with van der Waals surface area (Å²) in [5.41, 5.74) is 0. The van der Waals surface area contributed by atoms with Gasteiger partial charge in [0.05, 0.1) is 26.4 Å². The van der Waals surface area contributed by atoms with E-state index in [4.69, 9.17) is 33.2 Å². The summed E-state index contributed by atoms with van der Waals surface area (Å²) < 4.78 is 47.2. The third-order valence-electron chi connectivity index (χ3n) is 14.1. The van der Waals surface area contributed by atoms with E-state index in [0.29, 0.717) is 13.2 Å². The van der Waals surface area contributed by atoms with Crippen molar-refractivity contribution in [2.75, 3.05) is 40.0 Å². The smallest absolute Gasteiger partial charge is 0.162 e. The highest BCUT2D eigenvalue weighted by Crippen LogP contribution is 2.28. The molecule has 0 heterocycles. The van der Waals surface area contributed by atoms with Crippen molar-refractivity contribution in [3.05, 3.63) is 23.0 Å². The summed E-state index contributed by atoms with van der Waals surface area (Å²) in [5, 5.41) is 0. The summed E-state index contributed by atoms with van der Waals surface area (Å²) in [6.45, 7) is 21.4. The second-order valence-corrected chi connectivity index (χ2v) is 21.1. The molecule has 0 aliphatic heterocycles. The number of ether oxygens (including phenoxy) is 7. The van der Waals surface area contributed by atoms with E-state index in [0.717, 1.165) is 126 Å². The van der Waals surface area contributed by atoms with Gasteiger partial charge in [0.2, 0.25) is 0 Å². The van der Waals surface area contributed by atoms with Crippen LogP contribution < -0.4 is 0 Å². The van der Waals surface area contributed by atoms with Gasteiger partial charge in [0, 0.05) is 12.8 Å². The van der Waals surface area contributed by atoms with Crippen molar-refractivity contribution < 1.29 is 33.2 Å². The van der Waals surface area contributed by atoms with Crippen LogP contribution in [0, 0.1) is 0 Å². The molecule has 0 N–H and O–H groups in total. The van der Waals surface area contributed by atoms with Crippen LogP contribution in [0.2, 0.25) is 0 Å². The molecule has 0 aromatic heterocycles. The molecule has 0 aromatic carbocycles. The Bertz CT molecular complexity index is 1020. The number of rotatable bonds is 60. The predicted octanol–water partition coefficient (Wildman–Crippen LogP) is 21.5. The Morgan fingerprint density at radius 1 is 0.254 bits per heavy atom. The van der Waals surface area contributed by atoms with Crippen LogP contribution in [0.1, 0.15) is 338 Å². The van der Waals surface area contributed by atoms with Gasteiger partial charge in [-0.1, -0.05) is 274 Å². The monoisotopic (exact) mass is 1010 g/mol. The largest absolute Gasteiger partial charge is 0.494 e. The minimum Gasteiger partial charge on any atom is -0.494 e. The number of hydrogen-bond acceptors (Lipinski definition) is 7. The van der Waals surface area contributed by atoms with Crippen LogP contribution in [0.25, 0.3) is 0 Å². The van der Waals surface area contributed by atoms with Crippen LogP contribution in [-0.2, 0) is 33.2 Å². The van der Waals surface area contributed by atoms with E-state index in [1.165, 1.54) is 193 Å². The molecule has 424 valence electrons. The van der Waals surface area contributed by atoms with Gasteiger partial charge in [-0.15, -0.1) is 0 Å². The molecular formula is C64H126O7. The van der Waals surface area contributed by atoms with E-state index in [-0.39, 0.29) is 25.8 Å². The first kappa shape index (κ1) is 69.6. The standard InChI is InChI=1S/C64H126O7/c1-9-17-25-31-33-35-37-43-51-59(66-53-45-39-27-19-11-3)63(68-55-47-41-29-21-13-5)61(49-23-15-7)70-57-65-58-71-62(50-24-16-8)64(69-56-48-42-30-22-14-6)60(67-54-46-40-28-20-12-4)52-44-38-36-34-32-26-18-10-2/h61-62H,9-58H2,1-8H3. The lowest BCUT2D eigenvalue weighted by atomic mass is 10.0. The van der Waals surface area contributed by atoms with Gasteiger partial charge in [-0.25, -0.2) is 0 Å². The molecule has 2 unspecified atom stereocenters. The first-order valence-corrected chi connectivity index (χ1v) is 31.9. The van der Waals surface area contributed by atoms with Gasteiger partial charge < -0.3 is 33.2 Å². The van der Waals surface area contributed by atoms with Gasteiger partial charge in [-0.05, 0) is 51.4 Å². The zero-order valence-electron chi connectivity index (χ0n) is 49.4. The van der Waals surface area contributed by atoms with Crippen LogP contribution in [0.3, 0.4) is 0 Å². The summed E-state index contributed by atoms with van der Waals surface area (Å²) in [7, 11) is 0. The Morgan fingerprint density at radius 3 is 0.775 bits per heavy atom. The number of unbranched alkanes of at least 4 members (excludes halogenated alkanes) is 32. The SMILES string of the molecule is CCCCCCCCCCC(OCCCCCCC)=C(OCCCCCCC)C(CCCC)OCOCOC(CCCC)C(OCCCCCCC)=C(CCCCCCCCCC)OCCCCCCC. The summed E-state index contributed by atoms with van der Waals surface area (Å²) in [6.07, 6.45) is 52.3. The van der Waals surface area contributed by atoms with Crippen LogP contribution in [0.15, 0.2) is 23.0 Å². The van der Waals surface area contributed by atoms with Crippen molar-refractivity contribution in [1.29, 1.82) is 0 Å². The van der Waals surface area contributed by atoms with Gasteiger partial charge in [0.15, 0.2) is 25.1 Å². The molecule has 0 aliphatic rings. The van der Waals surface area contributed by atoms with E-state index in [1.54, 1.807) is 0 Å². The second-order valence-electron chi connectivity index (χ2n) is 21.1. The molecule has 0 spiro atoms. The van der Waals surface area contributed by atoms with Crippen molar-refractivity contribution in [1.82, 2.24) is 0 Å². The van der Waals surface area contributed by atoms with Crippen molar-refractivity contribution in [3.8, 4) is 0 Å². The number of allylic oxidation sites excluding steroid dienone is 2. The Hall–Kier alpha value is -1.44. The molecule has 7 heteroatoms. The van der Waals surface area contributed by atoms with Crippen LogP contribution in [0.5, 0.6) is 0 Å². The van der Waals surface area contributed by atoms with E-state index in [2.05, 4.69) is 55.4 Å². The molecule has 71 heavy (non-hydrogen) atoms. The zero-order chi connectivity index (χ0) is 51.8. The second kappa shape index (κ2) is 57.8. The minimum atomic E-state index is -0.221. The van der Waals surface area contributed by atoms with Gasteiger partial charge in [0.1, 0.15) is 23.7 Å². The molecule has 0 radical (unpaired) electrons. The van der Waals surface area contributed by atoms with Crippen molar-refractivity contribution in [2.45, 2.75) is 350 Å². The highest BCUT2D eigenvalue weighted by molar-refractivity contribution is 5.09. The highest BCUT2D eigenvalue weighted by Gasteiger charge is 2.25. The first-order chi connectivity index (χ1) is 35.1. The number of hydrogen-bond donors (Lipinski definition) is 0. The molecular weight excluding hydrogens is 881 g/mol. The quantitative estimate of drug-likeness (QED) is 0.0342. The normalized spacial score (nSPS) is 13.3. The molecule has 0 amide bonds. The molecule has 2 atom stereocenters. The lowest BCUT2D eigenvalue weighted by molar-refractivity contribution is -0.167. The molecule has 0 bridgehead atoms. The van der Waals surface area contributed by atoms with E-state index in [1.807, 2.05) is 0 Å². The Balaban J connectivity index is 6.53. The first-order valence-electron chi connectivity index (χ1n) is 31.9. The molecule has 0 aliphatic carbocycles. The van der Waals surface area contributed by atoms with Crippen LogP contribution >= 0.6 is 0 Å². The summed E-state index contributed by atoms with van der Waals surface area (Å²) in [5.74, 6) is 3.89. The Morgan fingerprint density at radius 2 is 0.493 bits per heavy atom. The van der Waals surface area contributed by atoms with Gasteiger partial charge in [-0.2, -0.15) is 0 Å². The Labute approximate surface area is 444 Å². The molecule has 0 saturated heterocycles. The van der Waals surface area contributed by atoms with E-state index in [9.17, 15) is 0 Å². The van der Waals surface area contributed by atoms with Crippen molar-refractivity contribution in [2.24, 2.45) is 0 Å². The lowest BCUT2D eigenvalue weighted by Crippen LogP contribution is -2.25. The Kier molecular flexibility index (Phi) is 56.7. The van der Waals surface area contributed by atoms with Crippen molar-refractivity contribution >= 4 is 0 Å².